The van der Waals surface area contributed by atoms with E-state index in [0.717, 1.165) is 34.2 Å². The second-order valence-electron chi connectivity index (χ2n) is 19.3. The molecule has 7 heteroatoms. The standard InChI is InChI=1S/C43H27N2S.C20H26FNSi.Ir/c1-3-12-29(13-4-1)30-22-24-31(25-23-30)33-26-27-35-36-17-11-18-37(42(36)46-41(35)28-33)43-44-38-19-8-10-21-40(38)45(43)39-20-9-7-16-34(39)32-14-5-2-6-15-32;1-14-8-9-17(18(21)10-14)16-11-15(12-20(2,3)4)19(22-13-16)23(5,6)7;/h1-17,19-28H;8,10-11H,12H2,1-7H3;/q-1;-2;+3/i;1D3,12D2;. The van der Waals surface area contributed by atoms with Crippen LogP contribution in [0, 0.1) is 36.4 Å². The van der Waals surface area contributed by atoms with E-state index in [1.165, 1.54) is 59.6 Å². The monoisotopic (exact) mass is 1130 g/mol. The third-order valence-corrected chi connectivity index (χ3v) is 15.0. The second-order valence-corrected chi connectivity index (χ2v) is 25.3. The van der Waals surface area contributed by atoms with E-state index in [9.17, 15) is 4.39 Å². The van der Waals surface area contributed by atoms with Crippen LogP contribution in [0.3, 0.4) is 0 Å². The Hall–Kier alpha value is -6.60. The topological polar surface area (TPSA) is 30.7 Å². The zero-order valence-corrected chi connectivity index (χ0v) is 44.0. The van der Waals surface area contributed by atoms with Crippen LogP contribution < -0.4 is 5.32 Å². The van der Waals surface area contributed by atoms with Gasteiger partial charge in [0.25, 0.3) is 0 Å². The number of halogens is 1. The maximum Gasteiger partial charge on any atom is 3.00 e. The van der Waals surface area contributed by atoms with E-state index >= 15 is 0 Å². The molecule has 70 heavy (non-hydrogen) atoms. The molecular weight excluding hydrogens is 1070 g/mol. The van der Waals surface area contributed by atoms with Crippen molar-refractivity contribution >= 4 is 55.9 Å². The molecular formula is C63H53FIrN3SSi. The smallest absolute Gasteiger partial charge is 0.370 e. The maximum absolute atomic E-state index is 14.6. The van der Waals surface area contributed by atoms with Crippen LogP contribution in [0.25, 0.3) is 92.8 Å². The number of fused-ring (bicyclic) bond motifs is 4. The number of benzene rings is 8. The zero-order valence-electron chi connectivity index (χ0n) is 44.8. The third kappa shape index (κ3) is 10.0. The first-order chi connectivity index (χ1) is 35.3. The molecule has 0 saturated carbocycles. The van der Waals surface area contributed by atoms with Gasteiger partial charge in [-0.3, -0.25) is 9.37 Å². The Balaban J connectivity index is 0.000000206. The minimum atomic E-state index is -2.42. The summed E-state index contributed by atoms with van der Waals surface area (Å²) in [6, 6.07) is 68.2. The zero-order chi connectivity index (χ0) is 52.2. The fourth-order valence-electron chi connectivity index (χ4n) is 8.84. The molecule has 0 radical (unpaired) electrons. The van der Waals surface area contributed by atoms with Gasteiger partial charge < -0.3 is 9.55 Å². The van der Waals surface area contributed by atoms with Crippen molar-refractivity contribution in [1.82, 2.24) is 14.5 Å². The maximum atomic E-state index is 14.6. The van der Waals surface area contributed by atoms with Gasteiger partial charge in [0.1, 0.15) is 0 Å². The van der Waals surface area contributed by atoms with Gasteiger partial charge in [-0.15, -0.1) is 35.4 Å². The average Bonchev–Trinajstić information content (AvgIpc) is 3.97. The summed E-state index contributed by atoms with van der Waals surface area (Å²) in [5, 5.41) is 3.18. The van der Waals surface area contributed by atoms with Gasteiger partial charge >= 0.3 is 20.1 Å². The number of para-hydroxylation sites is 3. The molecule has 0 bridgehead atoms. The normalized spacial score (nSPS) is 13.1. The SMILES string of the molecule is [2H]C([2H])([2H])c1c[c-]c(-c2[c-]nc([Si](C)(C)C)c(C([2H])([2H])C(C)(C)C)c2)c(F)c1.[Ir+3].[c-]1ccc2c(sc3cc(-c4ccc(-c5ccccc5)cc4)ccc32)c1-c1nc2ccccc2n1-c1ccccc1-c1ccccc1. The van der Waals surface area contributed by atoms with E-state index in [1.807, 2.05) is 38.2 Å². The summed E-state index contributed by atoms with van der Waals surface area (Å²) in [7, 11) is -2.00. The summed E-state index contributed by atoms with van der Waals surface area (Å²) >= 11 is 1.82. The fraction of sp³-hybridized carbons (Fsp3) is 0.143. The van der Waals surface area contributed by atoms with Crippen molar-refractivity contribution in [3.05, 3.63) is 217 Å². The Kier molecular flexibility index (Phi) is 12.1. The van der Waals surface area contributed by atoms with Gasteiger partial charge in [-0.25, -0.2) is 5.56 Å². The summed E-state index contributed by atoms with van der Waals surface area (Å²) in [4.78, 5) is 9.67. The van der Waals surface area contributed by atoms with Crippen LogP contribution in [0.5, 0.6) is 0 Å². The number of aromatic nitrogens is 3. The van der Waals surface area contributed by atoms with Gasteiger partial charge in [-0.05, 0) is 79.8 Å². The van der Waals surface area contributed by atoms with Gasteiger partial charge in [0.15, 0.2) is 0 Å². The van der Waals surface area contributed by atoms with Crippen LogP contribution in [0.4, 0.5) is 4.39 Å². The minimum Gasteiger partial charge on any atom is -0.370 e. The summed E-state index contributed by atoms with van der Waals surface area (Å²) in [5.41, 5.74) is 11.3. The quantitative estimate of drug-likeness (QED) is 0.112. The second kappa shape index (κ2) is 20.0. The number of aryl methyl sites for hydroxylation is 1. The van der Waals surface area contributed by atoms with Crippen molar-refractivity contribution in [3.63, 3.8) is 0 Å². The Labute approximate surface area is 437 Å². The Morgan fingerprint density at radius 2 is 1.33 bits per heavy atom. The first-order valence-corrected chi connectivity index (χ1v) is 27.4. The summed E-state index contributed by atoms with van der Waals surface area (Å²) in [6.45, 7) is 9.24. The molecule has 0 fully saturated rings. The van der Waals surface area contributed by atoms with Crippen molar-refractivity contribution < 1.29 is 31.3 Å². The van der Waals surface area contributed by atoms with Crippen LogP contribution in [0.15, 0.2) is 182 Å². The number of hydrogen-bond donors (Lipinski definition) is 0. The molecule has 0 spiro atoms. The molecule has 346 valence electrons. The van der Waals surface area contributed by atoms with E-state index < -0.39 is 32.5 Å². The van der Waals surface area contributed by atoms with Gasteiger partial charge in [0, 0.05) is 22.8 Å². The fourth-order valence-corrected chi connectivity index (χ4v) is 11.4. The first kappa shape index (κ1) is 42.3. The molecule has 0 aliphatic rings. The van der Waals surface area contributed by atoms with E-state index in [2.05, 4.69) is 205 Å². The van der Waals surface area contributed by atoms with E-state index in [-0.39, 0.29) is 36.8 Å². The van der Waals surface area contributed by atoms with Crippen molar-refractivity contribution in [3.8, 4) is 61.6 Å². The molecule has 0 atom stereocenters. The molecule has 0 N–H and O–H groups in total. The first-order valence-electron chi connectivity index (χ1n) is 25.6. The molecule has 0 saturated heterocycles. The summed E-state index contributed by atoms with van der Waals surface area (Å²) in [5.74, 6) is 0.160. The minimum absolute atomic E-state index is 0. The molecule has 11 rings (SSSR count). The predicted octanol–water partition coefficient (Wildman–Crippen LogP) is 16.8. The molecule has 0 unspecified atom stereocenters. The summed E-state index contributed by atoms with van der Waals surface area (Å²) in [6.07, 6.45) is 1.13. The van der Waals surface area contributed by atoms with Crippen LogP contribution in [0.1, 0.15) is 38.8 Å². The predicted molar refractivity (Wildman–Crippen MR) is 293 cm³/mol. The number of imidazole rings is 1. The van der Waals surface area contributed by atoms with Gasteiger partial charge in [-0.2, -0.15) is 35.1 Å². The summed E-state index contributed by atoms with van der Waals surface area (Å²) < 4.78 is 59.1. The van der Waals surface area contributed by atoms with E-state index in [1.54, 1.807) is 6.07 Å². The Morgan fingerprint density at radius 1 is 0.686 bits per heavy atom. The van der Waals surface area contributed by atoms with Crippen LogP contribution in [-0.4, -0.2) is 22.6 Å². The molecule has 8 aromatic carbocycles. The van der Waals surface area contributed by atoms with Crippen molar-refractivity contribution in [2.75, 3.05) is 0 Å². The van der Waals surface area contributed by atoms with Crippen LogP contribution >= 0.6 is 11.3 Å². The molecule has 0 aliphatic heterocycles. The van der Waals surface area contributed by atoms with E-state index in [4.69, 9.17) is 11.8 Å². The largest absolute Gasteiger partial charge is 3.00 e. The van der Waals surface area contributed by atoms with Crippen molar-refractivity contribution in [2.45, 2.75) is 53.6 Å². The molecule has 0 amide bonds. The molecule has 3 nitrogen and oxygen atoms in total. The number of rotatable bonds is 8. The number of pyridine rings is 1. The number of hydrogen-bond acceptors (Lipinski definition) is 3. The van der Waals surface area contributed by atoms with Crippen molar-refractivity contribution in [2.24, 2.45) is 5.41 Å². The average molecular weight is 1130 g/mol. The van der Waals surface area contributed by atoms with Crippen LogP contribution in [-0.2, 0) is 26.5 Å². The number of nitrogens with zero attached hydrogens (tertiary/aromatic N) is 3. The van der Waals surface area contributed by atoms with Gasteiger partial charge in [-0.1, -0.05) is 197 Å². The molecule has 3 aromatic heterocycles. The van der Waals surface area contributed by atoms with Crippen molar-refractivity contribution in [1.29, 1.82) is 0 Å². The molecule has 0 aliphatic carbocycles. The number of thiophene rings is 1. The molecule has 11 aromatic rings. The Bertz CT molecular complexity index is 3840. The third-order valence-electron chi connectivity index (χ3n) is 12.0. The van der Waals surface area contributed by atoms with Gasteiger partial charge in [0.05, 0.1) is 24.9 Å². The van der Waals surface area contributed by atoms with Crippen LogP contribution in [0.2, 0.25) is 19.6 Å². The molecule has 3 heterocycles. The van der Waals surface area contributed by atoms with Gasteiger partial charge in [0.2, 0.25) is 0 Å². The Morgan fingerprint density at radius 3 is 2.03 bits per heavy atom. The van der Waals surface area contributed by atoms with E-state index in [0.29, 0.717) is 10.9 Å².